The minimum absolute atomic E-state index is 0.104. The Morgan fingerprint density at radius 3 is 2.36 bits per heavy atom. The Labute approximate surface area is 77.2 Å². The standard InChI is InChI=1S/C7H7F4N3/c8-5(9)7(10,11)4-14-6-12-2-1-3-13-6/h1-3,5H,4H2,(H,12,13,14). The monoisotopic (exact) mass is 209 g/mol. The van der Waals surface area contributed by atoms with Crippen molar-refractivity contribution in [3.63, 3.8) is 0 Å². The van der Waals surface area contributed by atoms with Gasteiger partial charge in [0.25, 0.3) is 0 Å². The Balaban J connectivity index is 2.49. The lowest BCUT2D eigenvalue weighted by atomic mass is 10.3. The molecule has 0 fully saturated rings. The van der Waals surface area contributed by atoms with Crippen molar-refractivity contribution in [1.29, 1.82) is 0 Å². The molecule has 0 aliphatic heterocycles. The van der Waals surface area contributed by atoms with Gasteiger partial charge >= 0.3 is 12.3 Å². The third-order valence-electron chi connectivity index (χ3n) is 1.37. The molecule has 1 N–H and O–H groups in total. The van der Waals surface area contributed by atoms with Gasteiger partial charge in [0.05, 0.1) is 6.54 Å². The fourth-order valence-corrected chi connectivity index (χ4v) is 0.664. The minimum atomic E-state index is -4.07. The highest BCUT2D eigenvalue weighted by Crippen LogP contribution is 2.22. The van der Waals surface area contributed by atoms with Gasteiger partial charge < -0.3 is 5.32 Å². The molecule has 7 heteroatoms. The van der Waals surface area contributed by atoms with E-state index < -0.39 is 18.9 Å². The number of nitrogens with one attached hydrogen (secondary N) is 1. The number of hydrogen-bond acceptors (Lipinski definition) is 3. The first kappa shape index (κ1) is 10.7. The Morgan fingerprint density at radius 1 is 1.29 bits per heavy atom. The molecule has 1 aromatic rings. The van der Waals surface area contributed by atoms with Gasteiger partial charge in [0, 0.05) is 12.4 Å². The maximum absolute atomic E-state index is 12.4. The van der Waals surface area contributed by atoms with E-state index in [9.17, 15) is 17.6 Å². The fraction of sp³-hybridized carbons (Fsp3) is 0.429. The average molecular weight is 209 g/mol. The Morgan fingerprint density at radius 2 is 1.86 bits per heavy atom. The molecule has 14 heavy (non-hydrogen) atoms. The highest BCUT2D eigenvalue weighted by molar-refractivity contribution is 5.22. The lowest BCUT2D eigenvalue weighted by molar-refractivity contribution is -0.117. The summed E-state index contributed by atoms with van der Waals surface area (Å²) in [4.78, 5) is 7.08. The van der Waals surface area contributed by atoms with Gasteiger partial charge in [-0.15, -0.1) is 0 Å². The number of hydrogen-bond donors (Lipinski definition) is 1. The summed E-state index contributed by atoms with van der Waals surface area (Å²) in [5.74, 6) is -4.17. The van der Waals surface area contributed by atoms with Gasteiger partial charge in [-0.05, 0) is 6.07 Å². The van der Waals surface area contributed by atoms with Gasteiger partial charge in [0.2, 0.25) is 5.95 Å². The van der Waals surface area contributed by atoms with Crippen LogP contribution in [0.5, 0.6) is 0 Å². The topological polar surface area (TPSA) is 37.8 Å². The van der Waals surface area contributed by atoms with Crippen molar-refractivity contribution in [3.05, 3.63) is 18.5 Å². The zero-order valence-electron chi connectivity index (χ0n) is 6.92. The second-order valence-electron chi connectivity index (χ2n) is 2.49. The van der Waals surface area contributed by atoms with Crippen molar-refractivity contribution in [2.45, 2.75) is 12.3 Å². The third-order valence-corrected chi connectivity index (χ3v) is 1.37. The van der Waals surface area contributed by atoms with Crippen molar-refractivity contribution in [2.24, 2.45) is 0 Å². The van der Waals surface area contributed by atoms with Gasteiger partial charge in [-0.2, -0.15) is 8.78 Å². The third kappa shape index (κ3) is 2.82. The van der Waals surface area contributed by atoms with E-state index >= 15 is 0 Å². The molecule has 0 radical (unpaired) electrons. The first-order valence-corrected chi connectivity index (χ1v) is 3.69. The van der Waals surface area contributed by atoms with Crippen LogP contribution in [0.2, 0.25) is 0 Å². The number of anilines is 1. The summed E-state index contributed by atoms with van der Waals surface area (Å²) in [5, 5.41) is 2.01. The smallest absolute Gasteiger partial charge is 0.324 e. The Kier molecular flexibility index (Phi) is 3.21. The molecular weight excluding hydrogens is 202 g/mol. The molecule has 0 aromatic carbocycles. The van der Waals surface area contributed by atoms with E-state index in [0.717, 1.165) is 0 Å². The van der Waals surface area contributed by atoms with E-state index in [1.165, 1.54) is 18.5 Å². The summed E-state index contributed by atoms with van der Waals surface area (Å²) in [6.45, 7) is -1.19. The van der Waals surface area contributed by atoms with Crippen LogP contribution in [0.25, 0.3) is 0 Å². The SMILES string of the molecule is FC(F)C(F)(F)CNc1ncccn1. The van der Waals surface area contributed by atoms with Gasteiger partial charge in [-0.3, -0.25) is 0 Å². The summed E-state index contributed by atoms with van der Waals surface area (Å²) < 4.78 is 48.1. The van der Waals surface area contributed by atoms with Crippen molar-refractivity contribution in [3.8, 4) is 0 Å². The number of rotatable bonds is 4. The van der Waals surface area contributed by atoms with Gasteiger partial charge in [-0.25, -0.2) is 18.7 Å². The minimum Gasteiger partial charge on any atom is -0.348 e. The molecule has 1 aromatic heterocycles. The van der Waals surface area contributed by atoms with Crippen LogP contribution in [0, 0.1) is 0 Å². The van der Waals surface area contributed by atoms with Crippen molar-refractivity contribution in [1.82, 2.24) is 9.97 Å². The lowest BCUT2D eigenvalue weighted by Crippen LogP contribution is -2.35. The van der Waals surface area contributed by atoms with Crippen LogP contribution in [-0.2, 0) is 0 Å². The predicted octanol–water partition coefficient (Wildman–Crippen LogP) is 1.79. The Bertz CT molecular complexity index is 278. The van der Waals surface area contributed by atoms with Crippen LogP contribution in [-0.4, -0.2) is 28.9 Å². The number of nitrogens with zero attached hydrogens (tertiary/aromatic N) is 2. The van der Waals surface area contributed by atoms with Crippen LogP contribution < -0.4 is 5.32 Å². The normalized spacial score (nSPS) is 11.8. The summed E-state index contributed by atoms with van der Waals surface area (Å²) in [5.41, 5.74) is 0. The molecule has 0 aliphatic rings. The largest absolute Gasteiger partial charge is 0.348 e. The number of alkyl halides is 4. The molecule has 1 heterocycles. The predicted molar refractivity (Wildman–Crippen MR) is 41.5 cm³/mol. The van der Waals surface area contributed by atoms with E-state index in [2.05, 4.69) is 9.97 Å². The molecule has 78 valence electrons. The second-order valence-corrected chi connectivity index (χ2v) is 2.49. The van der Waals surface area contributed by atoms with E-state index in [1.54, 1.807) is 0 Å². The maximum Gasteiger partial charge on any atom is 0.324 e. The molecule has 0 saturated heterocycles. The molecule has 0 amide bonds. The fourth-order valence-electron chi connectivity index (χ4n) is 0.664. The van der Waals surface area contributed by atoms with Crippen molar-refractivity contribution >= 4 is 5.95 Å². The lowest BCUT2D eigenvalue weighted by Gasteiger charge is -2.15. The zero-order valence-corrected chi connectivity index (χ0v) is 6.92. The van der Waals surface area contributed by atoms with Gasteiger partial charge in [0.15, 0.2) is 0 Å². The van der Waals surface area contributed by atoms with Crippen LogP contribution in [0.1, 0.15) is 0 Å². The first-order valence-electron chi connectivity index (χ1n) is 3.69. The van der Waals surface area contributed by atoms with Crippen molar-refractivity contribution < 1.29 is 17.6 Å². The van der Waals surface area contributed by atoms with E-state index in [-0.39, 0.29) is 5.95 Å². The quantitative estimate of drug-likeness (QED) is 0.768. The molecule has 0 bridgehead atoms. The second kappa shape index (κ2) is 4.21. The molecule has 0 aliphatic carbocycles. The van der Waals surface area contributed by atoms with Crippen LogP contribution in [0.15, 0.2) is 18.5 Å². The molecule has 0 spiro atoms. The van der Waals surface area contributed by atoms with Gasteiger partial charge in [-0.1, -0.05) is 0 Å². The van der Waals surface area contributed by atoms with E-state index in [0.29, 0.717) is 0 Å². The van der Waals surface area contributed by atoms with Crippen LogP contribution in [0.3, 0.4) is 0 Å². The van der Waals surface area contributed by atoms with E-state index in [1.807, 2.05) is 5.32 Å². The molecule has 1 rings (SSSR count). The van der Waals surface area contributed by atoms with Gasteiger partial charge in [0.1, 0.15) is 0 Å². The van der Waals surface area contributed by atoms with Crippen molar-refractivity contribution in [2.75, 3.05) is 11.9 Å². The van der Waals surface area contributed by atoms with Crippen LogP contribution in [0.4, 0.5) is 23.5 Å². The Hall–Kier alpha value is -1.40. The average Bonchev–Trinajstić information content (AvgIpc) is 2.16. The number of halogens is 4. The molecular formula is C7H7F4N3. The highest BCUT2D eigenvalue weighted by atomic mass is 19.3. The molecule has 0 atom stereocenters. The van der Waals surface area contributed by atoms with Crippen LogP contribution >= 0.6 is 0 Å². The summed E-state index contributed by atoms with van der Waals surface area (Å²) in [6.07, 6.45) is -1.06. The summed E-state index contributed by atoms with van der Waals surface area (Å²) in [6, 6.07) is 1.48. The summed E-state index contributed by atoms with van der Waals surface area (Å²) in [7, 11) is 0. The zero-order chi connectivity index (χ0) is 10.6. The maximum atomic E-state index is 12.4. The summed E-state index contributed by atoms with van der Waals surface area (Å²) >= 11 is 0. The number of aromatic nitrogens is 2. The van der Waals surface area contributed by atoms with E-state index in [4.69, 9.17) is 0 Å². The first-order chi connectivity index (χ1) is 6.52. The molecule has 0 unspecified atom stereocenters. The highest BCUT2D eigenvalue weighted by Gasteiger charge is 2.40. The molecule has 0 saturated carbocycles. The molecule has 3 nitrogen and oxygen atoms in total.